The minimum absolute atomic E-state index is 0.183. The minimum Gasteiger partial charge on any atom is -0.385 e. The summed E-state index contributed by atoms with van der Waals surface area (Å²) in [7, 11) is 3.66. The van der Waals surface area contributed by atoms with E-state index in [1.165, 1.54) is 0 Å². The number of hydrogen-bond acceptors (Lipinski definition) is 3. The first-order valence-corrected chi connectivity index (χ1v) is 5.91. The molecular weight excluding hydrogens is 214 g/mol. The molecule has 0 aliphatic heterocycles. The molecule has 0 radical (unpaired) electrons. The van der Waals surface area contributed by atoms with Gasteiger partial charge in [-0.1, -0.05) is 24.3 Å². The second kappa shape index (κ2) is 7.20. The Morgan fingerprint density at radius 2 is 2.06 bits per heavy atom. The summed E-state index contributed by atoms with van der Waals surface area (Å²) in [5.74, 6) is 0.183. The predicted molar refractivity (Wildman–Crippen MR) is 69.5 cm³/mol. The van der Waals surface area contributed by atoms with E-state index in [0.717, 1.165) is 30.7 Å². The van der Waals surface area contributed by atoms with E-state index in [2.05, 4.69) is 0 Å². The molecule has 0 saturated carbocycles. The highest BCUT2D eigenvalue weighted by atomic mass is 16.5. The number of likely N-dealkylation sites (N-methyl/N-ethyl adjacent to an activating group) is 1. The van der Waals surface area contributed by atoms with Crippen LogP contribution in [0.5, 0.6) is 0 Å². The third-order valence-corrected chi connectivity index (χ3v) is 2.75. The summed E-state index contributed by atoms with van der Waals surface area (Å²) in [6.45, 7) is 4.06. The first-order valence-electron chi connectivity index (χ1n) is 5.91. The second-order valence-electron chi connectivity index (χ2n) is 4.32. The van der Waals surface area contributed by atoms with Gasteiger partial charge in [-0.25, -0.2) is 0 Å². The number of methoxy groups -OCH3 is 1. The Kier molecular flexibility index (Phi) is 5.87. The summed E-state index contributed by atoms with van der Waals surface area (Å²) in [5.41, 5.74) is 1.87. The van der Waals surface area contributed by atoms with Crippen molar-refractivity contribution in [1.82, 2.24) is 4.90 Å². The van der Waals surface area contributed by atoms with Crippen LogP contribution in [-0.2, 0) is 4.74 Å². The number of carbonyl (C=O) groups is 1. The maximum atomic E-state index is 12.0. The van der Waals surface area contributed by atoms with Crippen molar-refractivity contribution in [1.29, 1.82) is 0 Å². The quantitative estimate of drug-likeness (QED) is 0.535. The van der Waals surface area contributed by atoms with Crippen molar-refractivity contribution >= 4 is 5.78 Å². The molecule has 0 aliphatic carbocycles. The minimum atomic E-state index is 0.183. The molecule has 0 aliphatic rings. The predicted octanol–water partition coefficient (Wildman–Crippen LogP) is 2.15. The summed E-state index contributed by atoms with van der Waals surface area (Å²) in [6.07, 6.45) is 0.952. The summed E-state index contributed by atoms with van der Waals surface area (Å²) in [5, 5.41) is 0. The second-order valence-corrected chi connectivity index (χ2v) is 4.32. The number of aryl methyl sites for hydroxylation is 1. The van der Waals surface area contributed by atoms with Gasteiger partial charge in [0.05, 0.1) is 6.54 Å². The molecule has 0 aromatic heterocycles. The highest BCUT2D eigenvalue weighted by Gasteiger charge is 2.10. The molecule has 0 bridgehead atoms. The van der Waals surface area contributed by atoms with E-state index < -0.39 is 0 Å². The average Bonchev–Trinajstić information content (AvgIpc) is 2.29. The first-order chi connectivity index (χ1) is 8.15. The van der Waals surface area contributed by atoms with Gasteiger partial charge in [-0.15, -0.1) is 0 Å². The Labute approximate surface area is 103 Å². The smallest absolute Gasteiger partial charge is 0.177 e. The monoisotopic (exact) mass is 235 g/mol. The van der Waals surface area contributed by atoms with Crippen LogP contribution >= 0.6 is 0 Å². The van der Waals surface area contributed by atoms with Crippen molar-refractivity contribution in [2.75, 3.05) is 33.9 Å². The highest BCUT2D eigenvalue weighted by molar-refractivity contribution is 5.98. The van der Waals surface area contributed by atoms with Crippen LogP contribution in [0.2, 0.25) is 0 Å². The number of ether oxygens (including phenoxy) is 1. The topological polar surface area (TPSA) is 29.5 Å². The molecular formula is C14H21NO2. The van der Waals surface area contributed by atoms with E-state index in [4.69, 9.17) is 4.74 Å². The highest BCUT2D eigenvalue weighted by Crippen LogP contribution is 2.08. The molecule has 17 heavy (non-hydrogen) atoms. The third-order valence-electron chi connectivity index (χ3n) is 2.75. The molecule has 0 saturated heterocycles. The largest absolute Gasteiger partial charge is 0.385 e. The molecule has 3 heteroatoms. The fourth-order valence-corrected chi connectivity index (χ4v) is 1.77. The van der Waals surface area contributed by atoms with Crippen LogP contribution in [-0.4, -0.2) is 44.5 Å². The van der Waals surface area contributed by atoms with Gasteiger partial charge in [0.25, 0.3) is 0 Å². The fourth-order valence-electron chi connectivity index (χ4n) is 1.77. The lowest BCUT2D eigenvalue weighted by Crippen LogP contribution is -2.28. The lowest BCUT2D eigenvalue weighted by atomic mass is 10.0. The van der Waals surface area contributed by atoms with Crippen LogP contribution in [0, 0.1) is 6.92 Å². The summed E-state index contributed by atoms with van der Waals surface area (Å²) < 4.78 is 4.99. The van der Waals surface area contributed by atoms with Gasteiger partial charge in [0.1, 0.15) is 0 Å². The van der Waals surface area contributed by atoms with Crippen molar-refractivity contribution in [2.45, 2.75) is 13.3 Å². The van der Waals surface area contributed by atoms with Crippen molar-refractivity contribution in [3.05, 3.63) is 35.4 Å². The average molecular weight is 235 g/mol. The number of rotatable bonds is 7. The van der Waals surface area contributed by atoms with Gasteiger partial charge >= 0.3 is 0 Å². The third kappa shape index (κ3) is 4.67. The molecule has 0 N–H and O–H groups in total. The van der Waals surface area contributed by atoms with Crippen LogP contribution in [0.3, 0.4) is 0 Å². The van der Waals surface area contributed by atoms with Crippen LogP contribution in [0.1, 0.15) is 22.3 Å². The van der Waals surface area contributed by atoms with Gasteiger partial charge in [-0.2, -0.15) is 0 Å². The van der Waals surface area contributed by atoms with E-state index in [-0.39, 0.29) is 5.78 Å². The van der Waals surface area contributed by atoms with Crippen LogP contribution in [0.4, 0.5) is 0 Å². The van der Waals surface area contributed by atoms with Gasteiger partial charge in [0.2, 0.25) is 0 Å². The molecule has 0 atom stereocenters. The van der Waals surface area contributed by atoms with E-state index >= 15 is 0 Å². The zero-order valence-electron chi connectivity index (χ0n) is 10.9. The van der Waals surface area contributed by atoms with E-state index in [0.29, 0.717) is 6.54 Å². The summed E-state index contributed by atoms with van der Waals surface area (Å²) >= 11 is 0. The van der Waals surface area contributed by atoms with Crippen molar-refractivity contribution < 1.29 is 9.53 Å². The Morgan fingerprint density at radius 1 is 1.35 bits per heavy atom. The number of hydrogen-bond donors (Lipinski definition) is 0. The lowest BCUT2D eigenvalue weighted by Gasteiger charge is -2.15. The number of benzene rings is 1. The van der Waals surface area contributed by atoms with Crippen molar-refractivity contribution in [3.63, 3.8) is 0 Å². The number of nitrogens with zero attached hydrogens (tertiary/aromatic N) is 1. The summed E-state index contributed by atoms with van der Waals surface area (Å²) in [6, 6.07) is 7.72. The standard InChI is InChI=1S/C14H21NO2/c1-12-7-4-5-8-13(12)14(16)11-15(2)9-6-10-17-3/h4-5,7-8H,6,9-11H2,1-3H3. The first kappa shape index (κ1) is 13.9. The molecule has 94 valence electrons. The maximum absolute atomic E-state index is 12.0. The van der Waals surface area contributed by atoms with E-state index in [1.54, 1.807) is 7.11 Å². The Balaban J connectivity index is 2.46. The SMILES string of the molecule is COCCCN(C)CC(=O)c1ccccc1C. The molecule has 0 heterocycles. The van der Waals surface area contributed by atoms with E-state index in [9.17, 15) is 4.79 Å². The van der Waals surface area contributed by atoms with Gasteiger partial charge in [-0.3, -0.25) is 9.69 Å². The van der Waals surface area contributed by atoms with Crippen LogP contribution in [0.15, 0.2) is 24.3 Å². The lowest BCUT2D eigenvalue weighted by molar-refractivity contribution is 0.0938. The molecule has 0 fully saturated rings. The van der Waals surface area contributed by atoms with Gasteiger partial charge in [-0.05, 0) is 26.0 Å². The molecule has 1 aromatic rings. The van der Waals surface area contributed by atoms with Crippen molar-refractivity contribution in [2.24, 2.45) is 0 Å². The van der Waals surface area contributed by atoms with Crippen LogP contribution in [0.25, 0.3) is 0 Å². The Morgan fingerprint density at radius 3 is 2.71 bits per heavy atom. The molecule has 0 spiro atoms. The van der Waals surface area contributed by atoms with Crippen molar-refractivity contribution in [3.8, 4) is 0 Å². The maximum Gasteiger partial charge on any atom is 0.177 e. The number of ketones is 1. The Hall–Kier alpha value is -1.19. The summed E-state index contributed by atoms with van der Waals surface area (Å²) in [4.78, 5) is 14.1. The van der Waals surface area contributed by atoms with Gasteiger partial charge in [0, 0.05) is 25.8 Å². The zero-order valence-corrected chi connectivity index (χ0v) is 10.9. The van der Waals surface area contributed by atoms with Gasteiger partial charge in [0.15, 0.2) is 5.78 Å². The molecule has 0 amide bonds. The number of carbonyl (C=O) groups excluding carboxylic acids is 1. The molecule has 1 aromatic carbocycles. The zero-order chi connectivity index (χ0) is 12.7. The normalized spacial score (nSPS) is 10.8. The number of Topliss-reactive ketones (excluding diaryl/α,β-unsaturated/α-hetero) is 1. The molecule has 0 unspecified atom stereocenters. The Bertz CT molecular complexity index is 363. The molecule has 1 rings (SSSR count). The van der Waals surface area contributed by atoms with Crippen LogP contribution < -0.4 is 0 Å². The van der Waals surface area contributed by atoms with Gasteiger partial charge < -0.3 is 4.74 Å². The fraction of sp³-hybridized carbons (Fsp3) is 0.500. The van der Waals surface area contributed by atoms with E-state index in [1.807, 2.05) is 43.1 Å². The molecule has 3 nitrogen and oxygen atoms in total.